The molecule has 0 unspecified atom stereocenters. The first kappa shape index (κ1) is 21.4. The summed E-state index contributed by atoms with van der Waals surface area (Å²) in [6.45, 7) is 5.81. The van der Waals surface area contributed by atoms with Crippen LogP contribution in [0.5, 0.6) is 11.5 Å². The minimum atomic E-state index is 0.0121. The van der Waals surface area contributed by atoms with Gasteiger partial charge in [0, 0.05) is 26.2 Å². The van der Waals surface area contributed by atoms with Gasteiger partial charge in [-0.15, -0.1) is 0 Å². The van der Waals surface area contributed by atoms with Gasteiger partial charge in [-0.05, 0) is 59.6 Å². The molecule has 30 heavy (non-hydrogen) atoms. The van der Waals surface area contributed by atoms with Gasteiger partial charge >= 0.3 is 0 Å². The molecule has 1 aromatic rings. The fraction of sp³-hybridized carbons (Fsp3) is 0.708. The largest absolute Gasteiger partial charge is 0.493 e. The van der Waals surface area contributed by atoms with Gasteiger partial charge in [0.25, 0.3) is 0 Å². The van der Waals surface area contributed by atoms with E-state index in [0.717, 1.165) is 36.3 Å². The molecule has 1 saturated heterocycles. The average molecular weight is 418 g/mol. The summed E-state index contributed by atoms with van der Waals surface area (Å²) < 4.78 is 22.4. The Bertz CT molecular complexity index is 794. The van der Waals surface area contributed by atoms with E-state index >= 15 is 0 Å². The summed E-state index contributed by atoms with van der Waals surface area (Å²) >= 11 is 0. The first-order valence-electron chi connectivity index (χ1n) is 11.0. The van der Waals surface area contributed by atoms with Crippen molar-refractivity contribution in [3.05, 3.63) is 23.8 Å². The molecule has 0 radical (unpaired) electrons. The molecule has 4 rings (SSSR count). The molecule has 3 fully saturated rings. The zero-order chi connectivity index (χ0) is 21.5. The Morgan fingerprint density at radius 2 is 1.97 bits per heavy atom. The monoisotopic (exact) mass is 417 g/mol. The molecule has 2 saturated carbocycles. The van der Waals surface area contributed by atoms with Crippen LogP contribution in [0.15, 0.2) is 18.2 Å². The van der Waals surface area contributed by atoms with E-state index in [0.29, 0.717) is 31.5 Å². The molecular weight excluding hydrogens is 382 g/mol. The van der Waals surface area contributed by atoms with E-state index in [-0.39, 0.29) is 28.9 Å². The summed E-state index contributed by atoms with van der Waals surface area (Å²) in [5.41, 5.74) is 1.29. The Labute approximate surface area is 179 Å². The molecule has 0 aromatic heterocycles. The number of benzene rings is 1. The van der Waals surface area contributed by atoms with Gasteiger partial charge in [0.2, 0.25) is 5.91 Å². The van der Waals surface area contributed by atoms with E-state index in [9.17, 15) is 4.79 Å². The summed E-state index contributed by atoms with van der Waals surface area (Å²) in [6, 6.07) is 6.25. The third kappa shape index (κ3) is 3.28. The molecule has 1 N–H and O–H groups in total. The Balaban J connectivity index is 1.63. The fourth-order valence-electron chi connectivity index (χ4n) is 6.57. The highest BCUT2D eigenvalue weighted by Crippen LogP contribution is 2.70. The number of carbonyl (C=O) groups excluding carboxylic acids is 1. The number of hydrogen-bond donors (Lipinski definition) is 1. The van der Waals surface area contributed by atoms with Gasteiger partial charge in [-0.2, -0.15) is 0 Å². The number of methoxy groups -OCH3 is 3. The minimum absolute atomic E-state index is 0.0121. The Morgan fingerprint density at radius 3 is 2.67 bits per heavy atom. The zero-order valence-corrected chi connectivity index (χ0v) is 18.8. The Morgan fingerprint density at radius 1 is 1.20 bits per heavy atom. The third-order valence-corrected chi connectivity index (χ3v) is 8.08. The van der Waals surface area contributed by atoms with Crippen LogP contribution < -0.4 is 14.8 Å². The number of ether oxygens (including phenoxy) is 4. The maximum Gasteiger partial charge on any atom is 0.222 e. The highest BCUT2D eigenvalue weighted by atomic mass is 16.5. The highest BCUT2D eigenvalue weighted by Gasteiger charge is 2.68. The summed E-state index contributed by atoms with van der Waals surface area (Å²) in [5, 5.41) is 3.42. The molecule has 3 aliphatic rings. The van der Waals surface area contributed by atoms with E-state index in [1.165, 1.54) is 0 Å². The van der Waals surface area contributed by atoms with E-state index < -0.39 is 0 Å². The smallest absolute Gasteiger partial charge is 0.222 e. The number of fused-ring (bicyclic) bond motifs is 1. The van der Waals surface area contributed by atoms with Crippen molar-refractivity contribution in [2.75, 3.05) is 34.5 Å². The predicted octanol–water partition coefficient (Wildman–Crippen LogP) is 3.74. The Kier molecular flexibility index (Phi) is 5.75. The molecule has 6 heteroatoms. The van der Waals surface area contributed by atoms with Crippen LogP contribution in [0.1, 0.15) is 51.2 Å². The van der Waals surface area contributed by atoms with Gasteiger partial charge in [-0.25, -0.2) is 0 Å². The van der Waals surface area contributed by atoms with Gasteiger partial charge in [0.15, 0.2) is 11.5 Å². The molecule has 5 atom stereocenters. The van der Waals surface area contributed by atoms with Crippen LogP contribution in [0.3, 0.4) is 0 Å². The lowest BCUT2D eigenvalue weighted by Crippen LogP contribution is -2.59. The number of nitrogens with one attached hydrogen (secondary N) is 1. The first-order valence-corrected chi connectivity index (χ1v) is 11.0. The summed E-state index contributed by atoms with van der Waals surface area (Å²) in [4.78, 5) is 12.6. The molecule has 166 valence electrons. The molecule has 2 bridgehead atoms. The van der Waals surface area contributed by atoms with Crippen LogP contribution in [0.2, 0.25) is 0 Å². The normalized spacial score (nSPS) is 33.8. The van der Waals surface area contributed by atoms with E-state index in [2.05, 4.69) is 25.2 Å². The second kappa shape index (κ2) is 8.04. The SMILES string of the molecule is COCCC(=O)N[C@@H]1C(C)(C)[C@@H]2C[C@@H]3[C@@H](c4ccc(OC)c(OC)c4)OCC[C@@]31C2. The second-order valence-corrected chi connectivity index (χ2v) is 9.70. The highest BCUT2D eigenvalue weighted by molar-refractivity contribution is 5.76. The van der Waals surface area contributed by atoms with Crippen molar-refractivity contribution in [2.45, 2.75) is 51.7 Å². The molecule has 1 spiro atoms. The fourth-order valence-corrected chi connectivity index (χ4v) is 6.57. The standard InChI is InChI=1S/C24H35NO5/c1-23(2)16-13-17-21(15-6-7-18(28-4)19(12-15)29-5)30-11-9-24(17,14-16)22(23)25-20(26)8-10-27-3/h6-7,12,16-17,21-22H,8-11,13-14H2,1-5H3,(H,25,26)/t16-,17-,21-,22-,24-/m1/s1. The van der Waals surface area contributed by atoms with Gasteiger partial charge in [-0.3, -0.25) is 4.79 Å². The van der Waals surface area contributed by atoms with Crippen LogP contribution in [-0.2, 0) is 14.3 Å². The van der Waals surface area contributed by atoms with E-state index in [4.69, 9.17) is 18.9 Å². The van der Waals surface area contributed by atoms with Gasteiger partial charge in [0.05, 0.1) is 26.9 Å². The van der Waals surface area contributed by atoms with E-state index in [1.54, 1.807) is 21.3 Å². The lowest BCUT2D eigenvalue weighted by Gasteiger charge is -2.53. The maximum absolute atomic E-state index is 12.6. The van der Waals surface area contributed by atoms with E-state index in [1.807, 2.05) is 12.1 Å². The lowest BCUT2D eigenvalue weighted by atomic mass is 9.59. The lowest BCUT2D eigenvalue weighted by molar-refractivity contribution is -0.137. The molecule has 6 nitrogen and oxygen atoms in total. The Hall–Kier alpha value is -1.79. The van der Waals surface area contributed by atoms with Crippen molar-refractivity contribution in [1.82, 2.24) is 5.32 Å². The molecule has 1 heterocycles. The van der Waals surface area contributed by atoms with Crippen molar-refractivity contribution in [2.24, 2.45) is 22.7 Å². The van der Waals surface area contributed by atoms with Gasteiger partial charge in [0.1, 0.15) is 0 Å². The maximum atomic E-state index is 12.6. The molecule has 1 amide bonds. The topological polar surface area (TPSA) is 66.0 Å². The first-order chi connectivity index (χ1) is 14.4. The van der Waals surface area contributed by atoms with Crippen molar-refractivity contribution < 1.29 is 23.7 Å². The molecular formula is C24H35NO5. The summed E-state index contributed by atoms with van der Waals surface area (Å²) in [6.07, 6.45) is 3.71. The summed E-state index contributed by atoms with van der Waals surface area (Å²) in [7, 11) is 4.95. The van der Waals surface area contributed by atoms with Crippen molar-refractivity contribution >= 4 is 5.91 Å². The predicted molar refractivity (Wildman–Crippen MR) is 114 cm³/mol. The average Bonchev–Trinajstić information content (AvgIpc) is 3.24. The number of hydrogen-bond acceptors (Lipinski definition) is 5. The van der Waals surface area contributed by atoms with Crippen LogP contribution in [0.4, 0.5) is 0 Å². The van der Waals surface area contributed by atoms with Crippen LogP contribution in [0, 0.1) is 22.7 Å². The van der Waals surface area contributed by atoms with Gasteiger partial charge in [-0.1, -0.05) is 19.9 Å². The molecule has 2 aliphatic carbocycles. The van der Waals surface area contributed by atoms with Crippen molar-refractivity contribution in [3.8, 4) is 11.5 Å². The van der Waals surface area contributed by atoms with Gasteiger partial charge < -0.3 is 24.3 Å². The minimum Gasteiger partial charge on any atom is -0.493 e. The van der Waals surface area contributed by atoms with Crippen LogP contribution >= 0.6 is 0 Å². The van der Waals surface area contributed by atoms with Crippen molar-refractivity contribution in [1.29, 1.82) is 0 Å². The quantitative estimate of drug-likeness (QED) is 0.732. The zero-order valence-electron chi connectivity index (χ0n) is 18.8. The number of carbonyl (C=O) groups is 1. The van der Waals surface area contributed by atoms with Crippen LogP contribution in [0.25, 0.3) is 0 Å². The molecule has 1 aromatic carbocycles. The molecule has 1 aliphatic heterocycles. The van der Waals surface area contributed by atoms with Crippen LogP contribution in [-0.4, -0.2) is 46.5 Å². The number of amides is 1. The number of rotatable bonds is 7. The second-order valence-electron chi connectivity index (χ2n) is 9.70. The van der Waals surface area contributed by atoms with Crippen molar-refractivity contribution in [3.63, 3.8) is 0 Å². The summed E-state index contributed by atoms with van der Waals surface area (Å²) in [5.74, 6) is 2.51. The third-order valence-electron chi connectivity index (χ3n) is 8.08.